The molecule has 0 aromatic heterocycles. The molecule has 2 N–H and O–H groups in total. The number of likely N-dealkylation sites (tertiary alicyclic amines) is 1. The van der Waals surface area contributed by atoms with Crippen LogP contribution in [-0.2, 0) is 4.79 Å². The van der Waals surface area contributed by atoms with Crippen molar-refractivity contribution in [2.75, 3.05) is 19.6 Å². The molecule has 1 aliphatic heterocycles. The Morgan fingerprint density at radius 1 is 1.26 bits per heavy atom. The van der Waals surface area contributed by atoms with Crippen LogP contribution in [0.3, 0.4) is 0 Å². The zero-order chi connectivity index (χ0) is 14.6. The van der Waals surface area contributed by atoms with Gasteiger partial charge in [0.25, 0.3) is 0 Å². The Kier molecular flexibility index (Phi) is 5.63. The number of urea groups is 1. The smallest absolute Gasteiger partial charge is 0.317 e. The van der Waals surface area contributed by atoms with Crippen molar-refractivity contribution in [3.8, 4) is 0 Å². The summed E-state index contributed by atoms with van der Waals surface area (Å²) in [6.45, 7) is 9.98. The number of nitrogens with zero attached hydrogens (tertiary/aromatic N) is 1. The van der Waals surface area contributed by atoms with Crippen molar-refractivity contribution in [1.29, 1.82) is 0 Å². The number of hydrogen-bond acceptors (Lipinski definition) is 2. The first-order chi connectivity index (χ1) is 8.81. The number of aliphatic carboxylic acids is 1. The molecule has 0 radical (unpaired) electrons. The number of hydrogen-bond donors (Lipinski definition) is 2. The molecule has 3 unspecified atom stereocenters. The van der Waals surface area contributed by atoms with Crippen LogP contribution in [-0.4, -0.2) is 41.6 Å². The van der Waals surface area contributed by atoms with Gasteiger partial charge >= 0.3 is 12.0 Å². The molecule has 0 saturated carbocycles. The highest BCUT2D eigenvalue weighted by Gasteiger charge is 2.30. The summed E-state index contributed by atoms with van der Waals surface area (Å²) in [6.07, 6.45) is 0.586. The zero-order valence-corrected chi connectivity index (χ0v) is 12.3. The van der Waals surface area contributed by atoms with E-state index in [9.17, 15) is 9.59 Å². The van der Waals surface area contributed by atoms with Gasteiger partial charge in [-0.3, -0.25) is 4.79 Å². The van der Waals surface area contributed by atoms with Crippen LogP contribution >= 0.6 is 0 Å². The quantitative estimate of drug-likeness (QED) is 0.803. The highest BCUT2D eigenvalue weighted by Crippen LogP contribution is 2.22. The highest BCUT2D eigenvalue weighted by atomic mass is 16.4. The number of nitrogens with one attached hydrogen (secondary N) is 1. The minimum absolute atomic E-state index is 0.133. The van der Waals surface area contributed by atoms with Crippen LogP contribution in [0.5, 0.6) is 0 Å². The van der Waals surface area contributed by atoms with Gasteiger partial charge in [-0.25, -0.2) is 4.79 Å². The lowest BCUT2D eigenvalue weighted by Gasteiger charge is -2.20. The van der Waals surface area contributed by atoms with Crippen LogP contribution in [0.2, 0.25) is 0 Å². The first-order valence-corrected chi connectivity index (χ1v) is 7.06. The SMILES string of the molecule is CC(C)CC(CNC(=O)N1CC(C)C(C)C1)C(=O)O. The van der Waals surface area contributed by atoms with Crippen molar-refractivity contribution in [2.24, 2.45) is 23.7 Å². The molecule has 1 heterocycles. The summed E-state index contributed by atoms with van der Waals surface area (Å²) in [7, 11) is 0. The fourth-order valence-electron chi connectivity index (χ4n) is 2.46. The maximum absolute atomic E-state index is 12.0. The maximum atomic E-state index is 12.0. The van der Waals surface area contributed by atoms with Crippen LogP contribution in [0.1, 0.15) is 34.1 Å². The average Bonchev–Trinajstić information content (AvgIpc) is 2.64. The van der Waals surface area contributed by atoms with Crippen LogP contribution in [0.25, 0.3) is 0 Å². The van der Waals surface area contributed by atoms with E-state index >= 15 is 0 Å². The molecule has 19 heavy (non-hydrogen) atoms. The second-order valence-corrected chi connectivity index (χ2v) is 6.21. The lowest BCUT2D eigenvalue weighted by Crippen LogP contribution is -2.42. The van der Waals surface area contributed by atoms with Crippen LogP contribution in [0, 0.1) is 23.7 Å². The minimum Gasteiger partial charge on any atom is -0.481 e. The number of carbonyl (C=O) groups is 2. The summed E-state index contributed by atoms with van der Waals surface area (Å²) in [5.74, 6) is -0.00300. The molecule has 0 spiro atoms. The van der Waals surface area contributed by atoms with Gasteiger partial charge in [0, 0.05) is 19.6 Å². The molecule has 0 bridgehead atoms. The molecule has 0 aromatic rings. The summed E-state index contributed by atoms with van der Waals surface area (Å²) in [5, 5.41) is 11.9. The van der Waals surface area contributed by atoms with E-state index in [-0.39, 0.29) is 12.6 Å². The van der Waals surface area contributed by atoms with Gasteiger partial charge in [-0.05, 0) is 24.2 Å². The molecule has 1 fully saturated rings. The Morgan fingerprint density at radius 3 is 2.21 bits per heavy atom. The normalized spacial score (nSPS) is 24.6. The Balaban J connectivity index is 2.42. The second-order valence-electron chi connectivity index (χ2n) is 6.21. The van der Waals surface area contributed by atoms with Crippen molar-refractivity contribution < 1.29 is 14.7 Å². The number of carboxylic acids is 1. The Bertz CT molecular complexity index is 321. The third-order valence-electron chi connectivity index (χ3n) is 3.88. The molecule has 2 amide bonds. The Hall–Kier alpha value is -1.26. The number of rotatable bonds is 5. The van der Waals surface area contributed by atoms with E-state index in [1.807, 2.05) is 13.8 Å². The molecule has 110 valence electrons. The monoisotopic (exact) mass is 270 g/mol. The Morgan fingerprint density at radius 2 is 1.79 bits per heavy atom. The van der Waals surface area contributed by atoms with E-state index in [2.05, 4.69) is 19.2 Å². The van der Waals surface area contributed by atoms with E-state index in [0.29, 0.717) is 24.2 Å². The first kappa shape index (κ1) is 15.8. The zero-order valence-electron chi connectivity index (χ0n) is 12.3. The van der Waals surface area contributed by atoms with Crippen LogP contribution < -0.4 is 5.32 Å². The van der Waals surface area contributed by atoms with E-state index in [0.717, 1.165) is 13.1 Å². The third kappa shape index (κ3) is 4.73. The van der Waals surface area contributed by atoms with Gasteiger partial charge in [0.1, 0.15) is 0 Å². The molecular weight excluding hydrogens is 244 g/mol. The predicted octanol–water partition coefficient (Wildman–Crippen LogP) is 2.03. The highest BCUT2D eigenvalue weighted by molar-refractivity contribution is 5.76. The molecule has 1 saturated heterocycles. The first-order valence-electron chi connectivity index (χ1n) is 7.06. The van der Waals surface area contributed by atoms with Crippen molar-refractivity contribution in [1.82, 2.24) is 10.2 Å². The van der Waals surface area contributed by atoms with Gasteiger partial charge in [0.05, 0.1) is 5.92 Å². The molecule has 5 nitrogen and oxygen atoms in total. The van der Waals surface area contributed by atoms with Crippen molar-refractivity contribution in [3.05, 3.63) is 0 Å². The predicted molar refractivity (Wildman–Crippen MR) is 73.9 cm³/mol. The summed E-state index contributed by atoms with van der Waals surface area (Å²) < 4.78 is 0. The third-order valence-corrected chi connectivity index (χ3v) is 3.88. The molecule has 1 aliphatic rings. The minimum atomic E-state index is -0.836. The fraction of sp³-hybridized carbons (Fsp3) is 0.857. The summed E-state index contributed by atoms with van der Waals surface area (Å²) >= 11 is 0. The summed E-state index contributed by atoms with van der Waals surface area (Å²) in [5.41, 5.74) is 0. The van der Waals surface area contributed by atoms with E-state index in [1.165, 1.54) is 0 Å². The van der Waals surface area contributed by atoms with Crippen molar-refractivity contribution >= 4 is 12.0 Å². The maximum Gasteiger partial charge on any atom is 0.317 e. The van der Waals surface area contributed by atoms with Crippen molar-refractivity contribution in [3.63, 3.8) is 0 Å². The Labute approximate surface area is 115 Å². The topological polar surface area (TPSA) is 69.6 Å². The van der Waals surface area contributed by atoms with E-state index in [1.54, 1.807) is 4.90 Å². The van der Waals surface area contributed by atoms with Crippen molar-refractivity contribution in [2.45, 2.75) is 34.1 Å². The van der Waals surface area contributed by atoms with Crippen LogP contribution in [0.4, 0.5) is 4.79 Å². The van der Waals surface area contributed by atoms with Gasteiger partial charge in [-0.15, -0.1) is 0 Å². The standard InChI is InChI=1S/C14H26N2O3/c1-9(2)5-12(13(17)18)6-15-14(19)16-7-10(3)11(4)8-16/h9-12H,5-8H2,1-4H3,(H,15,19)(H,17,18). The molecule has 0 aromatic carbocycles. The summed E-state index contributed by atoms with van der Waals surface area (Å²) in [4.78, 5) is 24.9. The van der Waals surface area contributed by atoms with Gasteiger partial charge in [-0.2, -0.15) is 0 Å². The number of amides is 2. The van der Waals surface area contributed by atoms with Gasteiger partial charge in [0.2, 0.25) is 0 Å². The molecule has 1 rings (SSSR count). The van der Waals surface area contributed by atoms with Gasteiger partial charge in [0.15, 0.2) is 0 Å². The van der Waals surface area contributed by atoms with Gasteiger partial charge < -0.3 is 15.3 Å². The molecule has 3 atom stereocenters. The molecular formula is C14H26N2O3. The lowest BCUT2D eigenvalue weighted by atomic mass is 9.97. The van der Waals surface area contributed by atoms with Gasteiger partial charge in [-0.1, -0.05) is 27.7 Å². The molecule has 5 heteroatoms. The van der Waals surface area contributed by atoms with E-state index in [4.69, 9.17) is 5.11 Å². The van der Waals surface area contributed by atoms with E-state index < -0.39 is 11.9 Å². The fourth-order valence-corrected chi connectivity index (χ4v) is 2.46. The second kappa shape index (κ2) is 6.78. The molecule has 0 aliphatic carbocycles. The average molecular weight is 270 g/mol. The largest absolute Gasteiger partial charge is 0.481 e. The summed E-state index contributed by atoms with van der Waals surface area (Å²) in [6, 6.07) is -0.133. The van der Waals surface area contributed by atoms with Crippen LogP contribution in [0.15, 0.2) is 0 Å². The number of carboxylic acid groups (broad SMARTS) is 1. The lowest BCUT2D eigenvalue weighted by molar-refractivity contribution is -0.142. The number of carbonyl (C=O) groups excluding carboxylic acids is 1.